The Labute approximate surface area is 80.3 Å². The van der Waals surface area contributed by atoms with Gasteiger partial charge >= 0.3 is 0 Å². The molecule has 0 saturated heterocycles. The van der Waals surface area contributed by atoms with E-state index in [-0.39, 0.29) is 0 Å². The molecule has 0 fully saturated rings. The van der Waals surface area contributed by atoms with Crippen LogP contribution in [0.4, 0.5) is 0 Å². The van der Waals surface area contributed by atoms with E-state index in [1.165, 1.54) is 16.7 Å². The van der Waals surface area contributed by atoms with Crippen molar-refractivity contribution in [3.63, 3.8) is 0 Å². The third-order valence-corrected chi connectivity index (χ3v) is 2.03. The fourth-order valence-corrected chi connectivity index (χ4v) is 1.40. The Balaban J connectivity index is 2.58. The highest BCUT2D eigenvalue weighted by atomic mass is 14.5. The summed E-state index contributed by atoms with van der Waals surface area (Å²) in [5, 5.41) is 0. The molecule has 0 heterocycles. The Morgan fingerprint density at radius 3 is 2.85 bits per heavy atom. The molecule has 1 heteroatoms. The van der Waals surface area contributed by atoms with Crippen LogP contribution in [-0.4, -0.2) is 6.54 Å². The molecule has 2 N–H and O–H groups in total. The summed E-state index contributed by atoms with van der Waals surface area (Å²) in [7, 11) is 0. The van der Waals surface area contributed by atoms with Crippen molar-refractivity contribution in [3.05, 3.63) is 47.5 Å². The predicted octanol–water partition coefficient (Wildman–Crippen LogP) is 2.44. The summed E-state index contributed by atoms with van der Waals surface area (Å²) in [4.78, 5) is 0. The maximum absolute atomic E-state index is 5.45. The van der Waals surface area contributed by atoms with Crippen molar-refractivity contribution in [3.8, 4) is 0 Å². The Hall–Kier alpha value is -1.08. The molecule has 0 aliphatic carbocycles. The molecule has 0 unspecified atom stereocenters. The van der Waals surface area contributed by atoms with Crippen molar-refractivity contribution in [2.45, 2.75) is 19.8 Å². The maximum atomic E-state index is 5.45. The van der Waals surface area contributed by atoms with Gasteiger partial charge in [-0.05, 0) is 31.9 Å². The van der Waals surface area contributed by atoms with Crippen molar-refractivity contribution >= 4 is 0 Å². The zero-order chi connectivity index (χ0) is 9.68. The van der Waals surface area contributed by atoms with Crippen LogP contribution in [0.3, 0.4) is 0 Å². The SMILES string of the molecule is C=C(CCN)Cc1cccc(C)c1. The van der Waals surface area contributed by atoms with E-state index in [0.29, 0.717) is 6.54 Å². The first-order valence-electron chi connectivity index (χ1n) is 4.64. The van der Waals surface area contributed by atoms with Gasteiger partial charge in [-0.3, -0.25) is 0 Å². The lowest BCUT2D eigenvalue weighted by Gasteiger charge is -2.04. The molecule has 0 aliphatic heterocycles. The second-order valence-corrected chi connectivity index (χ2v) is 3.45. The van der Waals surface area contributed by atoms with Crippen LogP contribution in [0.15, 0.2) is 36.4 Å². The highest BCUT2D eigenvalue weighted by Crippen LogP contribution is 2.10. The average Bonchev–Trinajstić information content (AvgIpc) is 2.04. The number of aryl methyl sites for hydroxylation is 1. The van der Waals surface area contributed by atoms with Gasteiger partial charge in [0, 0.05) is 0 Å². The molecule has 0 radical (unpaired) electrons. The van der Waals surface area contributed by atoms with Gasteiger partial charge in [-0.2, -0.15) is 0 Å². The maximum Gasteiger partial charge on any atom is -0.00399 e. The van der Waals surface area contributed by atoms with Crippen LogP contribution in [0.2, 0.25) is 0 Å². The van der Waals surface area contributed by atoms with Crippen LogP contribution < -0.4 is 5.73 Å². The molecule has 0 aliphatic rings. The van der Waals surface area contributed by atoms with E-state index in [1.807, 2.05) is 0 Å². The minimum absolute atomic E-state index is 0.699. The van der Waals surface area contributed by atoms with Crippen LogP contribution in [0.1, 0.15) is 17.5 Å². The summed E-state index contributed by atoms with van der Waals surface area (Å²) in [6.45, 7) is 6.79. The number of hydrogen-bond donors (Lipinski definition) is 1. The van der Waals surface area contributed by atoms with E-state index in [9.17, 15) is 0 Å². The molecule has 0 atom stereocenters. The van der Waals surface area contributed by atoms with Gasteiger partial charge in [0.1, 0.15) is 0 Å². The number of benzene rings is 1. The van der Waals surface area contributed by atoms with Crippen molar-refractivity contribution in [1.82, 2.24) is 0 Å². The molecule has 0 spiro atoms. The predicted molar refractivity (Wildman–Crippen MR) is 57.7 cm³/mol. The lowest BCUT2D eigenvalue weighted by Crippen LogP contribution is -2.01. The van der Waals surface area contributed by atoms with Crippen LogP contribution in [-0.2, 0) is 6.42 Å². The lowest BCUT2D eigenvalue weighted by molar-refractivity contribution is 0.913. The summed E-state index contributed by atoms with van der Waals surface area (Å²) in [5.74, 6) is 0. The van der Waals surface area contributed by atoms with E-state index < -0.39 is 0 Å². The zero-order valence-electron chi connectivity index (χ0n) is 8.22. The van der Waals surface area contributed by atoms with E-state index in [4.69, 9.17) is 5.73 Å². The minimum Gasteiger partial charge on any atom is -0.330 e. The second-order valence-electron chi connectivity index (χ2n) is 3.45. The Morgan fingerprint density at radius 2 is 2.23 bits per heavy atom. The topological polar surface area (TPSA) is 26.0 Å². The van der Waals surface area contributed by atoms with Crippen LogP contribution in [0, 0.1) is 6.92 Å². The molecule has 1 rings (SSSR count). The molecule has 1 aromatic carbocycles. The molecule has 1 nitrogen and oxygen atoms in total. The quantitative estimate of drug-likeness (QED) is 0.699. The Morgan fingerprint density at radius 1 is 1.46 bits per heavy atom. The van der Waals surface area contributed by atoms with Crippen LogP contribution in [0.25, 0.3) is 0 Å². The van der Waals surface area contributed by atoms with Gasteiger partial charge in [0.05, 0.1) is 0 Å². The highest BCUT2D eigenvalue weighted by molar-refractivity contribution is 5.25. The molecule has 0 saturated carbocycles. The van der Waals surface area contributed by atoms with E-state index in [2.05, 4.69) is 37.8 Å². The van der Waals surface area contributed by atoms with Gasteiger partial charge in [0.15, 0.2) is 0 Å². The summed E-state index contributed by atoms with van der Waals surface area (Å²) < 4.78 is 0. The van der Waals surface area contributed by atoms with Crippen LogP contribution >= 0.6 is 0 Å². The molecule has 0 amide bonds. The van der Waals surface area contributed by atoms with Gasteiger partial charge in [0.2, 0.25) is 0 Å². The third kappa shape index (κ3) is 3.43. The van der Waals surface area contributed by atoms with Crippen molar-refractivity contribution in [1.29, 1.82) is 0 Å². The Bertz CT molecular complexity index is 289. The Kier molecular flexibility index (Phi) is 3.71. The van der Waals surface area contributed by atoms with Gasteiger partial charge in [-0.25, -0.2) is 0 Å². The molecule has 13 heavy (non-hydrogen) atoms. The fraction of sp³-hybridized carbons (Fsp3) is 0.333. The zero-order valence-corrected chi connectivity index (χ0v) is 8.22. The fourth-order valence-electron chi connectivity index (χ4n) is 1.40. The lowest BCUT2D eigenvalue weighted by atomic mass is 10.0. The van der Waals surface area contributed by atoms with E-state index in [0.717, 1.165) is 12.8 Å². The van der Waals surface area contributed by atoms with Crippen molar-refractivity contribution < 1.29 is 0 Å². The van der Waals surface area contributed by atoms with Gasteiger partial charge < -0.3 is 5.73 Å². The monoisotopic (exact) mass is 175 g/mol. The molecule has 70 valence electrons. The number of hydrogen-bond acceptors (Lipinski definition) is 1. The molecule has 1 aromatic rings. The third-order valence-electron chi connectivity index (χ3n) is 2.03. The number of rotatable bonds is 4. The normalized spacial score (nSPS) is 10.0. The largest absolute Gasteiger partial charge is 0.330 e. The summed E-state index contributed by atoms with van der Waals surface area (Å²) in [6.07, 6.45) is 1.88. The standard InChI is InChI=1S/C12H17N/c1-10-4-3-5-12(8-10)9-11(2)6-7-13/h3-5,8H,2,6-7,9,13H2,1H3. The summed E-state index contributed by atoms with van der Waals surface area (Å²) in [6, 6.07) is 8.52. The van der Waals surface area contributed by atoms with E-state index in [1.54, 1.807) is 0 Å². The molecular weight excluding hydrogens is 158 g/mol. The molecule has 0 aromatic heterocycles. The van der Waals surface area contributed by atoms with E-state index >= 15 is 0 Å². The van der Waals surface area contributed by atoms with Crippen molar-refractivity contribution in [2.75, 3.05) is 6.54 Å². The first kappa shape index (κ1) is 10.0. The smallest absolute Gasteiger partial charge is 0.00399 e. The molecule has 0 bridgehead atoms. The summed E-state index contributed by atoms with van der Waals surface area (Å²) >= 11 is 0. The molecular formula is C12H17N. The summed E-state index contributed by atoms with van der Waals surface area (Å²) in [5.41, 5.74) is 9.30. The second kappa shape index (κ2) is 4.83. The first-order chi connectivity index (χ1) is 6.22. The minimum atomic E-state index is 0.699. The average molecular weight is 175 g/mol. The number of nitrogens with two attached hydrogens (primary N) is 1. The van der Waals surface area contributed by atoms with Gasteiger partial charge in [-0.15, -0.1) is 0 Å². The first-order valence-corrected chi connectivity index (χ1v) is 4.64. The van der Waals surface area contributed by atoms with Gasteiger partial charge in [-0.1, -0.05) is 42.0 Å². The van der Waals surface area contributed by atoms with Crippen molar-refractivity contribution in [2.24, 2.45) is 5.73 Å². The van der Waals surface area contributed by atoms with Gasteiger partial charge in [0.25, 0.3) is 0 Å². The van der Waals surface area contributed by atoms with Crippen LogP contribution in [0.5, 0.6) is 0 Å². The highest BCUT2D eigenvalue weighted by Gasteiger charge is 1.96.